The zero-order valence-corrected chi connectivity index (χ0v) is 11.1. The van der Waals surface area contributed by atoms with Crippen LogP contribution in [0.3, 0.4) is 0 Å². The molecule has 1 aromatic heterocycles. The molecule has 0 saturated heterocycles. The van der Waals surface area contributed by atoms with Crippen molar-refractivity contribution in [3.8, 4) is 0 Å². The van der Waals surface area contributed by atoms with Gasteiger partial charge in [-0.25, -0.2) is 4.79 Å². The number of hydrogen-bond acceptors (Lipinski definition) is 6. The summed E-state index contributed by atoms with van der Waals surface area (Å²) in [5.41, 5.74) is -0.582. The highest BCUT2D eigenvalue weighted by Crippen LogP contribution is 2.24. The molecule has 0 spiro atoms. The first kappa shape index (κ1) is 14.3. The van der Waals surface area contributed by atoms with Gasteiger partial charge in [-0.2, -0.15) is 0 Å². The Kier molecular flexibility index (Phi) is 4.18. The number of rotatable bonds is 4. The average Bonchev–Trinajstić information content (AvgIpc) is 2.73. The molecule has 1 heterocycles. The van der Waals surface area contributed by atoms with Crippen molar-refractivity contribution in [2.75, 3.05) is 6.61 Å². The lowest BCUT2D eigenvalue weighted by Crippen LogP contribution is -2.26. The zero-order chi connectivity index (χ0) is 13.9. The van der Waals surface area contributed by atoms with E-state index in [0.717, 1.165) is 11.3 Å². The number of ketones is 1. The van der Waals surface area contributed by atoms with E-state index in [0.29, 0.717) is 0 Å². The molecule has 0 aliphatic carbocycles. The molecule has 98 valence electrons. The lowest BCUT2D eigenvalue weighted by molar-refractivity contribution is -0.380. The van der Waals surface area contributed by atoms with Gasteiger partial charge in [0.2, 0.25) is 0 Å². The summed E-state index contributed by atoms with van der Waals surface area (Å²) in [6, 6.07) is 2.54. The maximum atomic E-state index is 11.5. The van der Waals surface area contributed by atoms with Crippen LogP contribution >= 0.6 is 11.3 Å². The predicted molar refractivity (Wildman–Crippen MR) is 65.7 cm³/mol. The van der Waals surface area contributed by atoms with E-state index in [4.69, 9.17) is 4.74 Å². The van der Waals surface area contributed by atoms with E-state index >= 15 is 0 Å². The summed E-state index contributed by atoms with van der Waals surface area (Å²) in [6.45, 7) is 4.84. The van der Waals surface area contributed by atoms with Crippen LogP contribution in [0, 0.1) is 15.5 Å². The van der Waals surface area contributed by atoms with Crippen molar-refractivity contribution in [3.63, 3.8) is 0 Å². The minimum absolute atomic E-state index is 0.114. The van der Waals surface area contributed by atoms with Crippen molar-refractivity contribution in [2.45, 2.75) is 20.8 Å². The van der Waals surface area contributed by atoms with Gasteiger partial charge in [-0.05, 0) is 6.07 Å². The highest BCUT2D eigenvalue weighted by molar-refractivity contribution is 7.17. The van der Waals surface area contributed by atoms with Crippen LogP contribution in [-0.4, -0.2) is 23.3 Å². The topological polar surface area (TPSA) is 86.5 Å². The van der Waals surface area contributed by atoms with Crippen LogP contribution < -0.4 is 0 Å². The number of thiophene rings is 1. The largest absolute Gasteiger partial charge is 0.453 e. The van der Waals surface area contributed by atoms with E-state index in [1.807, 2.05) is 0 Å². The molecule has 0 amide bonds. The molecule has 0 saturated carbocycles. The Morgan fingerprint density at radius 2 is 2.00 bits per heavy atom. The van der Waals surface area contributed by atoms with E-state index in [2.05, 4.69) is 0 Å². The highest BCUT2D eigenvalue weighted by Gasteiger charge is 2.23. The third-order valence-corrected chi connectivity index (χ3v) is 3.16. The minimum Gasteiger partial charge on any atom is -0.453 e. The van der Waals surface area contributed by atoms with Crippen LogP contribution in [0.4, 0.5) is 5.00 Å². The second-order valence-corrected chi connectivity index (χ2v) is 5.71. The van der Waals surface area contributed by atoms with Crippen molar-refractivity contribution in [1.29, 1.82) is 0 Å². The highest BCUT2D eigenvalue weighted by atomic mass is 32.1. The summed E-state index contributed by atoms with van der Waals surface area (Å²) < 4.78 is 4.81. The van der Waals surface area contributed by atoms with Gasteiger partial charge in [0.25, 0.3) is 0 Å². The maximum Gasteiger partial charge on any atom is 0.348 e. The van der Waals surface area contributed by atoms with Gasteiger partial charge in [0, 0.05) is 11.5 Å². The number of carbonyl (C=O) groups excluding carboxylic acids is 2. The second kappa shape index (κ2) is 5.26. The molecule has 1 aromatic rings. The van der Waals surface area contributed by atoms with E-state index in [1.165, 1.54) is 12.1 Å². The SMILES string of the molecule is CC(C)(C)C(=O)COC(=O)c1ccc([N+](=O)[O-])s1. The fourth-order valence-corrected chi connectivity index (χ4v) is 1.67. The quantitative estimate of drug-likeness (QED) is 0.477. The molecule has 0 bridgehead atoms. The minimum atomic E-state index is -0.717. The van der Waals surface area contributed by atoms with Crippen molar-refractivity contribution < 1.29 is 19.2 Å². The number of Topliss-reactive ketones (excluding diaryl/α,β-unsaturated/α-hetero) is 1. The number of esters is 1. The van der Waals surface area contributed by atoms with Crippen LogP contribution in [0.5, 0.6) is 0 Å². The lowest BCUT2D eigenvalue weighted by atomic mass is 9.91. The predicted octanol–water partition coefficient (Wildman–Crippen LogP) is 2.43. The molecular weight excluding hydrogens is 258 g/mol. The molecular formula is C11H13NO5S. The van der Waals surface area contributed by atoms with Crippen LogP contribution in [0.1, 0.15) is 30.4 Å². The first-order chi connectivity index (χ1) is 8.21. The van der Waals surface area contributed by atoms with Gasteiger partial charge >= 0.3 is 11.0 Å². The fraction of sp³-hybridized carbons (Fsp3) is 0.455. The third-order valence-electron chi connectivity index (χ3n) is 2.14. The van der Waals surface area contributed by atoms with Crippen molar-refractivity contribution in [1.82, 2.24) is 0 Å². The maximum absolute atomic E-state index is 11.5. The van der Waals surface area contributed by atoms with Gasteiger partial charge in [-0.15, -0.1) is 0 Å². The molecule has 0 aliphatic rings. The summed E-state index contributed by atoms with van der Waals surface area (Å²) in [4.78, 5) is 33.0. The monoisotopic (exact) mass is 271 g/mol. The Morgan fingerprint density at radius 3 is 2.44 bits per heavy atom. The standard InChI is InChI=1S/C11H13NO5S/c1-11(2,3)8(13)6-17-10(14)7-4-5-9(18-7)12(15)16/h4-5H,6H2,1-3H3. The number of nitrogens with zero attached hydrogens (tertiary/aromatic N) is 1. The van der Waals surface area contributed by atoms with Crippen LogP contribution in [0.2, 0.25) is 0 Å². The van der Waals surface area contributed by atoms with Crippen LogP contribution in [-0.2, 0) is 9.53 Å². The number of hydrogen-bond donors (Lipinski definition) is 0. The molecule has 0 unspecified atom stereocenters. The Morgan fingerprint density at radius 1 is 1.39 bits per heavy atom. The first-order valence-corrected chi connectivity index (χ1v) is 5.98. The number of ether oxygens (including phenoxy) is 1. The van der Waals surface area contributed by atoms with Crippen LogP contribution in [0.25, 0.3) is 0 Å². The molecule has 1 rings (SSSR count). The smallest absolute Gasteiger partial charge is 0.348 e. The van der Waals surface area contributed by atoms with Crippen molar-refractivity contribution in [2.24, 2.45) is 5.41 Å². The average molecular weight is 271 g/mol. The molecule has 0 radical (unpaired) electrons. The van der Waals surface area contributed by atoms with E-state index < -0.39 is 16.3 Å². The molecule has 0 aromatic carbocycles. The fourth-order valence-electron chi connectivity index (χ4n) is 0.954. The molecule has 0 aliphatic heterocycles. The van der Waals surface area contributed by atoms with E-state index in [1.54, 1.807) is 20.8 Å². The van der Waals surface area contributed by atoms with Gasteiger partial charge in [0.1, 0.15) is 4.88 Å². The Bertz CT molecular complexity index is 486. The second-order valence-electron chi connectivity index (χ2n) is 4.64. The zero-order valence-electron chi connectivity index (χ0n) is 10.3. The van der Waals surface area contributed by atoms with Gasteiger partial charge in [-0.1, -0.05) is 32.1 Å². The Balaban J connectivity index is 2.61. The van der Waals surface area contributed by atoms with Gasteiger partial charge in [-0.3, -0.25) is 14.9 Å². The molecule has 0 fully saturated rings. The summed E-state index contributed by atoms with van der Waals surface area (Å²) in [5.74, 6) is -0.924. The van der Waals surface area contributed by atoms with Gasteiger partial charge in [0.05, 0.1) is 4.92 Å². The van der Waals surface area contributed by atoms with Gasteiger partial charge < -0.3 is 4.74 Å². The summed E-state index contributed by atoms with van der Waals surface area (Å²) in [7, 11) is 0. The third kappa shape index (κ3) is 3.63. The summed E-state index contributed by atoms with van der Waals surface area (Å²) in [6.07, 6.45) is 0. The van der Waals surface area contributed by atoms with Gasteiger partial charge in [0.15, 0.2) is 12.4 Å². The van der Waals surface area contributed by atoms with Crippen molar-refractivity contribution >= 4 is 28.1 Å². The Labute approximate surface area is 108 Å². The normalized spacial score (nSPS) is 11.1. The summed E-state index contributed by atoms with van der Waals surface area (Å²) in [5, 5.41) is 10.3. The van der Waals surface area contributed by atoms with E-state index in [9.17, 15) is 19.7 Å². The van der Waals surface area contributed by atoms with E-state index in [-0.39, 0.29) is 22.3 Å². The number of nitro groups is 1. The first-order valence-electron chi connectivity index (χ1n) is 5.16. The van der Waals surface area contributed by atoms with Crippen molar-refractivity contribution in [3.05, 3.63) is 27.1 Å². The molecule has 0 atom stereocenters. The summed E-state index contributed by atoms with van der Waals surface area (Å²) >= 11 is 0.723. The Hall–Kier alpha value is -1.76. The number of carbonyl (C=O) groups is 2. The molecule has 18 heavy (non-hydrogen) atoms. The lowest BCUT2D eigenvalue weighted by Gasteiger charge is -2.15. The molecule has 6 nitrogen and oxygen atoms in total. The molecule has 7 heteroatoms. The molecule has 0 N–H and O–H groups in total. The van der Waals surface area contributed by atoms with Crippen LogP contribution in [0.15, 0.2) is 12.1 Å².